The first-order valence-electron chi connectivity index (χ1n) is 5.88. The van der Waals surface area contributed by atoms with Crippen LogP contribution >= 0.6 is 0 Å². The number of Topliss-reactive ketones (excluding diaryl/α,β-unsaturated/α-hetero) is 1. The number of fused-ring (bicyclic) bond motifs is 1. The molecule has 2 N–H and O–H groups in total. The molecule has 0 radical (unpaired) electrons. The molecule has 1 aliphatic carbocycles. The minimum Gasteiger partial charge on any atom is -0.318 e. The van der Waals surface area contributed by atoms with Gasteiger partial charge in [0, 0.05) is 11.2 Å². The third-order valence-corrected chi connectivity index (χ3v) is 3.34. The Hall–Kier alpha value is -1.81. The highest BCUT2D eigenvalue weighted by Crippen LogP contribution is 2.28. The van der Waals surface area contributed by atoms with Gasteiger partial charge in [0.25, 0.3) is 0 Å². The molecule has 0 saturated heterocycles. The predicted octanol–water partition coefficient (Wildman–Crippen LogP) is 0.881. The van der Waals surface area contributed by atoms with E-state index >= 15 is 0 Å². The van der Waals surface area contributed by atoms with Crippen molar-refractivity contribution in [3.05, 3.63) is 34.9 Å². The second-order valence-corrected chi connectivity index (χ2v) is 4.72. The summed E-state index contributed by atoms with van der Waals surface area (Å²) in [6.07, 6.45) is 0.968. The van der Waals surface area contributed by atoms with E-state index < -0.39 is 6.04 Å². The predicted molar refractivity (Wildman–Crippen MR) is 67.1 cm³/mol. The molecule has 18 heavy (non-hydrogen) atoms. The van der Waals surface area contributed by atoms with Gasteiger partial charge in [-0.2, -0.15) is 0 Å². The summed E-state index contributed by atoms with van der Waals surface area (Å²) < 4.78 is 4.45. The van der Waals surface area contributed by atoms with Gasteiger partial charge in [0.2, 0.25) is 0 Å². The molecule has 1 aromatic rings. The minimum atomic E-state index is -0.518. The number of hydrogen-bond donors (Lipinski definition) is 1. The van der Waals surface area contributed by atoms with Crippen molar-refractivity contribution in [3.8, 4) is 0 Å². The van der Waals surface area contributed by atoms with Crippen molar-refractivity contribution in [2.24, 2.45) is 11.7 Å². The lowest BCUT2D eigenvalue weighted by Crippen LogP contribution is -2.16. The molecule has 4 nitrogen and oxygen atoms in total. The summed E-state index contributed by atoms with van der Waals surface area (Å²) in [5, 5.41) is 0. The van der Waals surface area contributed by atoms with Gasteiger partial charge < -0.3 is 5.73 Å². The zero-order chi connectivity index (χ0) is 13.3. The molecule has 0 bridgehead atoms. The van der Waals surface area contributed by atoms with E-state index in [2.05, 4.69) is 11.2 Å². The van der Waals surface area contributed by atoms with Crippen molar-refractivity contribution in [2.75, 3.05) is 0 Å². The van der Waals surface area contributed by atoms with Crippen molar-refractivity contribution < 1.29 is 14.0 Å². The first-order valence-corrected chi connectivity index (χ1v) is 5.88. The van der Waals surface area contributed by atoms with Gasteiger partial charge in [0.05, 0.1) is 6.04 Å². The lowest BCUT2D eigenvalue weighted by molar-refractivity contribution is -0.373. The van der Waals surface area contributed by atoms with Crippen LogP contribution in [0.4, 0.5) is 0 Å². The molecular weight excluding hydrogens is 230 g/mol. The molecule has 0 aromatic heterocycles. The van der Waals surface area contributed by atoms with Crippen LogP contribution in [-0.2, 0) is 26.9 Å². The molecule has 0 fully saturated rings. The Labute approximate surface area is 105 Å². The van der Waals surface area contributed by atoms with Crippen molar-refractivity contribution in [2.45, 2.75) is 25.8 Å². The Balaban J connectivity index is 2.20. The zero-order valence-electron chi connectivity index (χ0n) is 10.3. The summed E-state index contributed by atoms with van der Waals surface area (Å²) in [7, 11) is 0. The summed E-state index contributed by atoms with van der Waals surface area (Å²) in [6, 6.07) is 5.24. The number of benzene rings is 1. The topological polar surface area (TPSA) is 71.5 Å². The molecule has 1 aliphatic rings. The second kappa shape index (κ2) is 4.82. The van der Waals surface area contributed by atoms with Crippen LogP contribution in [0.15, 0.2) is 18.2 Å². The molecule has 4 heteroatoms. The van der Waals surface area contributed by atoms with E-state index in [0.717, 1.165) is 16.7 Å². The second-order valence-electron chi connectivity index (χ2n) is 4.72. The molecular formula is C14H16NO3+. The highest BCUT2D eigenvalue weighted by atomic mass is 16.4. The standard InChI is InChI=1S/C14H16NO3/c1-8(14(17)18-2)5-9-3-4-10-7-12(16)13(15)11(10)6-9/h3-4,6,8,13H,2,5,7,15H2,1H3/q+1. The monoisotopic (exact) mass is 246 g/mol. The molecule has 2 rings (SSSR count). The zero-order valence-corrected chi connectivity index (χ0v) is 10.3. The average Bonchev–Trinajstić information content (AvgIpc) is 2.64. The van der Waals surface area contributed by atoms with Crippen molar-refractivity contribution in [1.82, 2.24) is 0 Å². The smallest absolute Gasteiger partial charge is 0.318 e. The first kappa shape index (κ1) is 12.6. The van der Waals surface area contributed by atoms with Crippen molar-refractivity contribution in [1.29, 1.82) is 0 Å². The molecule has 94 valence electrons. The van der Waals surface area contributed by atoms with E-state index in [1.54, 1.807) is 6.92 Å². The lowest BCUT2D eigenvalue weighted by Gasteiger charge is -2.07. The lowest BCUT2D eigenvalue weighted by atomic mass is 9.97. The fourth-order valence-corrected chi connectivity index (χ4v) is 2.27. The largest absolute Gasteiger partial charge is 0.582 e. The van der Waals surface area contributed by atoms with Crippen LogP contribution in [0.25, 0.3) is 0 Å². The van der Waals surface area contributed by atoms with E-state index in [1.165, 1.54) is 0 Å². The quantitative estimate of drug-likeness (QED) is 0.805. The molecule has 2 unspecified atom stereocenters. The molecule has 0 amide bonds. The van der Waals surface area contributed by atoms with Gasteiger partial charge in [0.15, 0.2) is 12.6 Å². The van der Waals surface area contributed by atoms with Gasteiger partial charge in [-0.15, -0.1) is 0 Å². The molecule has 0 heterocycles. The van der Waals surface area contributed by atoms with Crippen LogP contribution in [0.2, 0.25) is 0 Å². The fourth-order valence-electron chi connectivity index (χ4n) is 2.27. The number of nitrogens with two attached hydrogens (primary N) is 1. The average molecular weight is 246 g/mol. The third kappa shape index (κ3) is 2.24. The van der Waals surface area contributed by atoms with Crippen LogP contribution in [-0.4, -0.2) is 18.5 Å². The summed E-state index contributed by atoms with van der Waals surface area (Å²) in [5.41, 5.74) is 8.68. The maximum Gasteiger partial charge on any atom is 0.582 e. The SMILES string of the molecule is C=[O+]C(=O)C(C)Cc1ccc2c(c1)C(N)C(=O)C2. The Morgan fingerprint density at radius 3 is 3.00 bits per heavy atom. The molecule has 0 spiro atoms. The van der Waals surface area contributed by atoms with Gasteiger partial charge in [-0.05, 0) is 30.0 Å². The minimum absolute atomic E-state index is 0.0485. The van der Waals surface area contributed by atoms with Gasteiger partial charge in [0.1, 0.15) is 5.92 Å². The Bertz CT molecular complexity index is 522. The van der Waals surface area contributed by atoms with Crippen LogP contribution in [0, 0.1) is 5.92 Å². The number of carbonyl (C=O) groups excluding carboxylic acids is 3. The molecule has 2 atom stereocenters. The summed E-state index contributed by atoms with van der Waals surface area (Å²) in [6.45, 7) is 4.90. The number of ketones is 1. The highest BCUT2D eigenvalue weighted by Gasteiger charge is 2.29. The molecule has 1 aromatic carbocycles. The van der Waals surface area contributed by atoms with E-state index in [9.17, 15) is 9.59 Å². The van der Waals surface area contributed by atoms with Crippen LogP contribution in [0.1, 0.15) is 29.7 Å². The number of rotatable bonds is 3. The normalized spacial score (nSPS) is 19.4. The summed E-state index contributed by atoms with van der Waals surface area (Å²) in [5.74, 6) is -0.544. The van der Waals surface area contributed by atoms with E-state index in [-0.39, 0.29) is 17.7 Å². The van der Waals surface area contributed by atoms with E-state index in [0.29, 0.717) is 12.8 Å². The summed E-state index contributed by atoms with van der Waals surface area (Å²) >= 11 is 0. The van der Waals surface area contributed by atoms with E-state index in [4.69, 9.17) is 5.73 Å². The Morgan fingerprint density at radius 1 is 1.61 bits per heavy atom. The highest BCUT2D eigenvalue weighted by molar-refractivity contribution is 5.91. The maximum absolute atomic E-state index is 11.5. The van der Waals surface area contributed by atoms with Crippen LogP contribution in [0.3, 0.4) is 0 Å². The van der Waals surface area contributed by atoms with Gasteiger partial charge in [-0.3, -0.25) is 9.22 Å². The molecule has 0 saturated carbocycles. The third-order valence-electron chi connectivity index (χ3n) is 3.34. The number of carbonyl (C=O) groups is 2. The van der Waals surface area contributed by atoms with Crippen LogP contribution in [0.5, 0.6) is 0 Å². The van der Waals surface area contributed by atoms with Crippen molar-refractivity contribution >= 4 is 18.5 Å². The Kier molecular flexibility index (Phi) is 3.39. The Morgan fingerprint density at radius 2 is 2.33 bits per heavy atom. The van der Waals surface area contributed by atoms with E-state index in [1.807, 2.05) is 18.2 Å². The van der Waals surface area contributed by atoms with Gasteiger partial charge in [-0.25, -0.2) is 0 Å². The maximum atomic E-state index is 11.5. The summed E-state index contributed by atoms with van der Waals surface area (Å²) in [4.78, 5) is 22.8. The first-order chi connectivity index (χ1) is 8.52. The van der Waals surface area contributed by atoms with Gasteiger partial charge in [-0.1, -0.05) is 18.2 Å². The van der Waals surface area contributed by atoms with Crippen molar-refractivity contribution in [3.63, 3.8) is 0 Å². The number of hydrogen-bond acceptors (Lipinski definition) is 3. The molecule has 0 aliphatic heterocycles. The fraction of sp³-hybridized carbons (Fsp3) is 0.357. The van der Waals surface area contributed by atoms with Gasteiger partial charge >= 0.3 is 5.97 Å². The van der Waals surface area contributed by atoms with Crippen LogP contribution < -0.4 is 5.73 Å².